The Morgan fingerprint density at radius 3 is 2.02 bits per heavy atom. The second-order valence-electron chi connectivity index (χ2n) is 15.8. The van der Waals surface area contributed by atoms with Crippen LogP contribution in [0.15, 0.2) is 191 Å². The van der Waals surface area contributed by atoms with Gasteiger partial charge in [0.15, 0.2) is 5.84 Å². The van der Waals surface area contributed by atoms with Crippen LogP contribution in [0.5, 0.6) is 0 Å². The van der Waals surface area contributed by atoms with Gasteiger partial charge in [-0.2, -0.15) is 0 Å². The lowest BCUT2D eigenvalue weighted by Gasteiger charge is -2.20. The summed E-state index contributed by atoms with van der Waals surface area (Å²) in [5.41, 5.74) is 12.5. The average Bonchev–Trinajstić information content (AvgIpc) is 3.65. The minimum absolute atomic E-state index is 0.714. The average molecular weight is 752 g/mol. The number of fused-ring (bicyclic) bond motifs is 12. The Kier molecular flexibility index (Phi) is 7.55. The number of aliphatic imine (C=N–C) groups is 2. The van der Waals surface area contributed by atoms with Crippen molar-refractivity contribution >= 4 is 87.7 Å². The maximum absolute atomic E-state index is 5.56. The number of hydrogen-bond donors (Lipinski definition) is 0. The fourth-order valence-corrected chi connectivity index (χ4v) is 9.73. The molecule has 0 fully saturated rings. The van der Waals surface area contributed by atoms with Crippen LogP contribution in [0.2, 0.25) is 0 Å². The van der Waals surface area contributed by atoms with E-state index in [1.165, 1.54) is 87.1 Å². The molecule has 0 atom stereocenters. The number of amidine groups is 1. The Labute approximate surface area is 342 Å². The molecule has 10 aromatic rings. The molecule has 12 rings (SSSR count). The molecule has 0 radical (unpaired) electrons. The highest BCUT2D eigenvalue weighted by molar-refractivity contribution is 6.30. The van der Waals surface area contributed by atoms with Crippen LogP contribution >= 0.6 is 0 Å². The lowest BCUT2D eigenvalue weighted by atomic mass is 9.86. The normalized spacial score (nSPS) is 16.1. The van der Waals surface area contributed by atoms with Crippen LogP contribution in [0.3, 0.4) is 0 Å². The zero-order valence-electron chi connectivity index (χ0n) is 32.6. The maximum atomic E-state index is 5.56. The zero-order chi connectivity index (χ0) is 39.0. The summed E-state index contributed by atoms with van der Waals surface area (Å²) in [6.45, 7) is 2.25. The summed E-state index contributed by atoms with van der Waals surface area (Å²) in [6.07, 6.45) is 8.66. The van der Waals surface area contributed by atoms with Crippen molar-refractivity contribution in [1.29, 1.82) is 0 Å². The monoisotopic (exact) mass is 751 g/mol. The van der Waals surface area contributed by atoms with Crippen molar-refractivity contribution in [3.63, 3.8) is 0 Å². The van der Waals surface area contributed by atoms with Crippen molar-refractivity contribution in [3.8, 4) is 23.0 Å². The fraction of sp³-hybridized carbons (Fsp3) is 0.0714. The third-order valence-electron chi connectivity index (χ3n) is 12.5. The quantitative estimate of drug-likeness (QED) is 0.127. The number of hydrogen-bond acceptors (Lipinski definition) is 2. The second kappa shape index (κ2) is 13.3. The molecule has 59 heavy (non-hydrogen) atoms. The van der Waals surface area contributed by atoms with E-state index in [0.717, 1.165) is 47.4 Å². The molecule has 0 bridgehead atoms. The molecule has 1 aliphatic carbocycles. The molecule has 1 aliphatic heterocycles. The molecule has 3 heterocycles. The molecule has 0 saturated heterocycles. The molecule has 2 aliphatic rings. The van der Waals surface area contributed by atoms with E-state index in [1.807, 2.05) is 12.1 Å². The van der Waals surface area contributed by atoms with Crippen LogP contribution in [0, 0.1) is 11.8 Å². The molecule has 3 nitrogen and oxygen atoms in total. The van der Waals surface area contributed by atoms with E-state index < -0.39 is 0 Å². The van der Waals surface area contributed by atoms with Gasteiger partial charge < -0.3 is 4.40 Å². The van der Waals surface area contributed by atoms with E-state index in [0.29, 0.717) is 5.84 Å². The van der Waals surface area contributed by atoms with Crippen LogP contribution in [-0.4, -0.2) is 15.9 Å². The van der Waals surface area contributed by atoms with Gasteiger partial charge in [0.25, 0.3) is 0 Å². The molecule has 0 N–H and O–H groups in total. The van der Waals surface area contributed by atoms with Gasteiger partial charge in [0, 0.05) is 44.7 Å². The maximum Gasteiger partial charge on any atom is 0.160 e. The van der Waals surface area contributed by atoms with Gasteiger partial charge in [0.1, 0.15) is 0 Å². The highest BCUT2D eigenvalue weighted by Gasteiger charge is 2.22. The standard InChI is InChI=1S/C56H37N3/c1-35-28-30-50(36-16-5-2-3-6-17-36)57-56(37-18-7-4-8-19-37)58-54(35)39-33-47(53-44-24-12-11-21-41(44)40-20-9-10-22-42(40)49(53)34-39)38-29-31-52-48(32-38)46-26-15-25-45-43-23-13-14-27-51(43)59(52)55(45)46/h4-5,7-27,29,31-34H,2,28,30H2,1H3/b54-35+,57-50?,58-56?. The number of rotatable bonds is 4. The van der Waals surface area contributed by atoms with E-state index in [-0.39, 0.29) is 0 Å². The minimum atomic E-state index is 0.714. The highest BCUT2D eigenvalue weighted by atomic mass is 14.9. The lowest BCUT2D eigenvalue weighted by molar-refractivity contribution is 1.00. The highest BCUT2D eigenvalue weighted by Crippen LogP contribution is 2.45. The largest absolute Gasteiger partial charge is 0.308 e. The molecular weight excluding hydrogens is 715 g/mol. The van der Waals surface area contributed by atoms with Crippen molar-refractivity contribution in [3.05, 3.63) is 192 Å². The molecule has 8 aromatic carbocycles. The molecule has 0 saturated carbocycles. The number of allylic oxidation sites excluding steroid dienone is 5. The van der Waals surface area contributed by atoms with E-state index >= 15 is 0 Å². The summed E-state index contributed by atoms with van der Waals surface area (Å²) >= 11 is 0. The van der Waals surface area contributed by atoms with Crippen LogP contribution in [0.4, 0.5) is 0 Å². The smallest absolute Gasteiger partial charge is 0.160 e. The zero-order valence-corrected chi connectivity index (χ0v) is 32.6. The Balaban J connectivity index is 1.16. The van der Waals surface area contributed by atoms with Crippen molar-refractivity contribution in [2.45, 2.75) is 26.2 Å². The van der Waals surface area contributed by atoms with Gasteiger partial charge in [0.05, 0.1) is 28.0 Å². The molecule has 0 spiro atoms. The van der Waals surface area contributed by atoms with E-state index in [4.69, 9.17) is 9.98 Å². The van der Waals surface area contributed by atoms with Gasteiger partial charge in [0.2, 0.25) is 0 Å². The first-order chi connectivity index (χ1) is 29.2. The van der Waals surface area contributed by atoms with Gasteiger partial charge in [-0.15, -0.1) is 0 Å². The van der Waals surface area contributed by atoms with E-state index in [1.54, 1.807) is 0 Å². The second-order valence-corrected chi connectivity index (χ2v) is 15.8. The first-order valence-corrected chi connectivity index (χ1v) is 20.5. The molecule has 3 heteroatoms. The summed E-state index contributed by atoms with van der Waals surface area (Å²) in [5.74, 6) is 7.14. The van der Waals surface area contributed by atoms with Crippen LogP contribution in [0.25, 0.3) is 87.2 Å². The van der Waals surface area contributed by atoms with Crippen LogP contribution < -0.4 is 0 Å². The van der Waals surface area contributed by atoms with Gasteiger partial charge in [-0.1, -0.05) is 145 Å². The van der Waals surface area contributed by atoms with Crippen LogP contribution in [0.1, 0.15) is 37.3 Å². The predicted octanol–water partition coefficient (Wildman–Crippen LogP) is 14.3. The summed E-state index contributed by atoms with van der Waals surface area (Å²) < 4.78 is 2.46. The Morgan fingerprint density at radius 2 is 1.19 bits per heavy atom. The van der Waals surface area contributed by atoms with Crippen molar-refractivity contribution in [2.24, 2.45) is 9.98 Å². The van der Waals surface area contributed by atoms with Crippen molar-refractivity contribution < 1.29 is 0 Å². The third kappa shape index (κ3) is 5.23. The van der Waals surface area contributed by atoms with Crippen molar-refractivity contribution in [1.82, 2.24) is 4.40 Å². The molecule has 0 amide bonds. The molecular formula is C56H37N3. The number of para-hydroxylation sites is 2. The van der Waals surface area contributed by atoms with Crippen LogP contribution in [-0.2, 0) is 0 Å². The van der Waals surface area contributed by atoms with E-state index in [9.17, 15) is 0 Å². The number of benzene rings is 8. The summed E-state index contributed by atoms with van der Waals surface area (Å²) in [5, 5.41) is 12.6. The van der Waals surface area contributed by atoms with Gasteiger partial charge >= 0.3 is 0 Å². The van der Waals surface area contributed by atoms with Gasteiger partial charge in [-0.3, -0.25) is 0 Å². The first-order valence-electron chi connectivity index (χ1n) is 20.5. The van der Waals surface area contributed by atoms with Gasteiger partial charge in [-0.25, -0.2) is 9.98 Å². The summed E-state index contributed by atoms with van der Waals surface area (Å²) in [6, 6.07) is 55.6. The predicted molar refractivity (Wildman–Crippen MR) is 251 cm³/mol. The molecule has 2 aromatic heterocycles. The van der Waals surface area contributed by atoms with E-state index in [2.05, 4.69) is 181 Å². The van der Waals surface area contributed by atoms with Crippen molar-refractivity contribution in [2.75, 3.05) is 0 Å². The summed E-state index contributed by atoms with van der Waals surface area (Å²) in [4.78, 5) is 10.9. The molecule has 0 unspecified atom stereocenters. The summed E-state index contributed by atoms with van der Waals surface area (Å²) in [7, 11) is 0. The Morgan fingerprint density at radius 1 is 0.525 bits per heavy atom. The molecule has 276 valence electrons. The third-order valence-corrected chi connectivity index (χ3v) is 12.5. The first kappa shape index (κ1) is 33.6. The SMILES string of the molecule is C/C1=C(/c2cc(-c3ccc4c(c3)c3cccc5c6ccccc6n4c53)c3c4ccccc4c4ccccc4c3c2)N=C(c2ccccc2)N=C(C2=CC#CCC=C2)CC1. The lowest BCUT2D eigenvalue weighted by Crippen LogP contribution is -2.11. The Hall–Kier alpha value is -7.54. The number of nitrogens with zero attached hydrogens (tertiary/aromatic N) is 3. The fourth-order valence-electron chi connectivity index (χ4n) is 9.73. The minimum Gasteiger partial charge on any atom is -0.308 e. The topological polar surface area (TPSA) is 29.1 Å². The Bertz CT molecular complexity index is 3630. The van der Waals surface area contributed by atoms with Gasteiger partial charge in [-0.05, 0) is 105 Å². The number of aromatic nitrogens is 1.